The molecule has 1 aromatic rings. The smallest absolute Gasteiger partial charge is 0.326 e. The maximum atomic E-state index is 12.6. The first kappa shape index (κ1) is 13.1. The average molecular weight is 276 g/mol. The van der Waals surface area contributed by atoms with Crippen LogP contribution in [-0.4, -0.2) is 44.6 Å². The van der Waals surface area contributed by atoms with Crippen LogP contribution in [0.2, 0.25) is 0 Å². The zero-order valence-corrected chi connectivity index (χ0v) is 11.0. The number of carbonyl (C=O) groups is 2. The van der Waals surface area contributed by atoms with E-state index in [-0.39, 0.29) is 6.42 Å². The molecule has 1 fully saturated rings. The predicted octanol–water partition coefficient (Wildman–Crippen LogP) is 0.291. The molecule has 3 rings (SSSR count). The summed E-state index contributed by atoms with van der Waals surface area (Å²) >= 11 is 0. The minimum absolute atomic E-state index is 0.265. The Morgan fingerprint density at radius 2 is 2.25 bits per heavy atom. The maximum Gasteiger partial charge on any atom is 0.326 e. The first-order valence-electron chi connectivity index (χ1n) is 6.74. The van der Waals surface area contributed by atoms with Crippen LogP contribution < -0.4 is 0 Å². The summed E-state index contributed by atoms with van der Waals surface area (Å²) < 4.78 is 0. The number of hydrogen-bond donors (Lipinski definition) is 2. The Kier molecular flexibility index (Phi) is 2.97. The van der Waals surface area contributed by atoms with Crippen molar-refractivity contribution in [1.29, 1.82) is 0 Å². The minimum Gasteiger partial charge on any atom is -0.480 e. The van der Waals surface area contributed by atoms with Crippen LogP contribution in [0.1, 0.15) is 30.5 Å². The molecular weight excluding hydrogens is 260 g/mol. The van der Waals surface area contributed by atoms with Crippen molar-refractivity contribution in [3.05, 3.63) is 29.6 Å². The number of carbonyl (C=O) groups excluding carboxylic acids is 1. The van der Waals surface area contributed by atoms with Gasteiger partial charge in [0.25, 0.3) is 5.91 Å². The van der Waals surface area contributed by atoms with E-state index in [2.05, 4.69) is 4.98 Å². The van der Waals surface area contributed by atoms with Gasteiger partial charge in [0.15, 0.2) is 5.60 Å². The van der Waals surface area contributed by atoms with Crippen LogP contribution in [0.15, 0.2) is 18.3 Å². The molecular formula is C14H16N2O4. The topological polar surface area (TPSA) is 90.7 Å². The highest BCUT2D eigenvalue weighted by atomic mass is 16.4. The number of carboxylic acid groups (broad SMARTS) is 1. The summed E-state index contributed by atoms with van der Waals surface area (Å²) in [4.78, 5) is 29.2. The molecule has 1 saturated heterocycles. The Morgan fingerprint density at radius 3 is 3.00 bits per heavy atom. The third-order valence-corrected chi connectivity index (χ3v) is 4.19. The van der Waals surface area contributed by atoms with E-state index in [1.165, 1.54) is 4.90 Å². The highest BCUT2D eigenvalue weighted by Crippen LogP contribution is 2.38. The summed E-state index contributed by atoms with van der Waals surface area (Å²) in [6.07, 6.45) is 3.47. The van der Waals surface area contributed by atoms with Gasteiger partial charge in [-0.1, -0.05) is 6.07 Å². The number of likely N-dealkylation sites (tertiary alicyclic amines) is 1. The molecule has 1 aromatic heterocycles. The molecule has 1 aliphatic carbocycles. The number of carboxylic acids is 1. The number of aliphatic carboxylic acids is 1. The van der Waals surface area contributed by atoms with Gasteiger partial charge in [0.2, 0.25) is 0 Å². The van der Waals surface area contributed by atoms with Gasteiger partial charge in [0, 0.05) is 12.7 Å². The standard InChI is InChI=1S/C14H16N2O4/c17-12(18)10-4-2-8-16(10)13(19)14(20)6-5-9-3-1-7-15-11(9)14/h1,3,7,10,20H,2,4-6,8H2,(H,17,18)/t10-,14?/m0/s1. The molecule has 20 heavy (non-hydrogen) atoms. The number of aliphatic hydroxyl groups is 1. The van der Waals surface area contributed by atoms with Crippen LogP contribution >= 0.6 is 0 Å². The van der Waals surface area contributed by atoms with E-state index in [1.54, 1.807) is 12.3 Å². The number of nitrogens with zero attached hydrogens (tertiary/aromatic N) is 2. The van der Waals surface area contributed by atoms with Gasteiger partial charge < -0.3 is 15.1 Å². The van der Waals surface area contributed by atoms with Crippen molar-refractivity contribution in [3.63, 3.8) is 0 Å². The normalized spacial score (nSPS) is 28.4. The van der Waals surface area contributed by atoms with Gasteiger partial charge in [-0.15, -0.1) is 0 Å². The third-order valence-electron chi connectivity index (χ3n) is 4.19. The lowest BCUT2D eigenvalue weighted by atomic mass is 9.98. The van der Waals surface area contributed by atoms with Gasteiger partial charge in [-0.3, -0.25) is 9.78 Å². The molecule has 2 heterocycles. The molecule has 0 aromatic carbocycles. The molecule has 0 spiro atoms. The van der Waals surface area contributed by atoms with Crippen LogP contribution in [0.25, 0.3) is 0 Å². The zero-order chi connectivity index (χ0) is 14.3. The molecule has 2 atom stereocenters. The fourth-order valence-electron chi connectivity index (χ4n) is 3.16. The monoisotopic (exact) mass is 276 g/mol. The van der Waals surface area contributed by atoms with Crippen molar-refractivity contribution >= 4 is 11.9 Å². The van der Waals surface area contributed by atoms with Crippen molar-refractivity contribution in [2.45, 2.75) is 37.3 Å². The average Bonchev–Trinajstić information content (AvgIpc) is 3.05. The highest BCUT2D eigenvalue weighted by Gasteiger charge is 2.50. The first-order valence-corrected chi connectivity index (χ1v) is 6.74. The number of pyridine rings is 1. The van der Waals surface area contributed by atoms with Crippen molar-refractivity contribution in [2.75, 3.05) is 6.54 Å². The van der Waals surface area contributed by atoms with E-state index in [0.29, 0.717) is 31.5 Å². The van der Waals surface area contributed by atoms with Crippen molar-refractivity contribution in [1.82, 2.24) is 9.88 Å². The van der Waals surface area contributed by atoms with E-state index in [4.69, 9.17) is 5.11 Å². The Morgan fingerprint density at radius 1 is 1.45 bits per heavy atom. The number of hydrogen-bond acceptors (Lipinski definition) is 4. The van der Waals surface area contributed by atoms with Crippen LogP contribution in [0.4, 0.5) is 0 Å². The lowest BCUT2D eigenvalue weighted by Gasteiger charge is -2.30. The van der Waals surface area contributed by atoms with Gasteiger partial charge in [0.05, 0.1) is 5.69 Å². The number of aromatic nitrogens is 1. The summed E-state index contributed by atoms with van der Waals surface area (Å²) in [6, 6.07) is 2.77. The Balaban J connectivity index is 1.93. The number of rotatable bonds is 2. The predicted molar refractivity (Wildman–Crippen MR) is 68.8 cm³/mol. The van der Waals surface area contributed by atoms with E-state index < -0.39 is 23.5 Å². The number of amides is 1. The van der Waals surface area contributed by atoms with Gasteiger partial charge in [0.1, 0.15) is 6.04 Å². The van der Waals surface area contributed by atoms with E-state index in [0.717, 1.165) is 5.56 Å². The van der Waals surface area contributed by atoms with Gasteiger partial charge in [-0.05, 0) is 37.3 Å². The maximum absolute atomic E-state index is 12.6. The fraction of sp³-hybridized carbons (Fsp3) is 0.500. The van der Waals surface area contributed by atoms with Crippen molar-refractivity contribution < 1.29 is 19.8 Å². The van der Waals surface area contributed by atoms with Gasteiger partial charge in [-0.2, -0.15) is 0 Å². The van der Waals surface area contributed by atoms with Gasteiger partial charge in [-0.25, -0.2) is 4.79 Å². The zero-order valence-electron chi connectivity index (χ0n) is 11.0. The number of fused-ring (bicyclic) bond motifs is 1. The number of aryl methyl sites for hydroxylation is 1. The summed E-state index contributed by atoms with van der Waals surface area (Å²) in [5.41, 5.74) is -0.440. The summed E-state index contributed by atoms with van der Waals surface area (Å²) in [5, 5.41) is 19.9. The molecule has 2 aliphatic rings. The second kappa shape index (κ2) is 4.56. The summed E-state index contributed by atoms with van der Waals surface area (Å²) in [7, 11) is 0. The molecule has 1 unspecified atom stereocenters. The Bertz CT molecular complexity index is 574. The van der Waals surface area contributed by atoms with Crippen LogP contribution in [0.5, 0.6) is 0 Å². The SMILES string of the molecule is O=C(O)[C@@H]1CCCN1C(=O)C1(O)CCc2cccnc21. The Hall–Kier alpha value is -1.95. The fourth-order valence-corrected chi connectivity index (χ4v) is 3.16. The van der Waals surface area contributed by atoms with E-state index in [1.807, 2.05) is 6.07 Å². The van der Waals surface area contributed by atoms with Crippen LogP contribution in [0.3, 0.4) is 0 Å². The first-order chi connectivity index (χ1) is 9.54. The molecule has 1 amide bonds. The molecule has 6 nitrogen and oxygen atoms in total. The highest BCUT2D eigenvalue weighted by molar-refractivity contribution is 5.91. The van der Waals surface area contributed by atoms with Crippen molar-refractivity contribution in [3.8, 4) is 0 Å². The summed E-state index contributed by atoms with van der Waals surface area (Å²) in [5.74, 6) is -1.54. The lowest BCUT2D eigenvalue weighted by molar-refractivity contribution is -0.160. The minimum atomic E-state index is -1.67. The third kappa shape index (κ3) is 1.79. The van der Waals surface area contributed by atoms with E-state index in [9.17, 15) is 14.7 Å². The quantitative estimate of drug-likeness (QED) is 0.810. The largest absolute Gasteiger partial charge is 0.480 e. The summed E-state index contributed by atoms with van der Waals surface area (Å²) in [6.45, 7) is 0.375. The molecule has 2 N–H and O–H groups in total. The van der Waals surface area contributed by atoms with Gasteiger partial charge >= 0.3 is 5.97 Å². The lowest BCUT2D eigenvalue weighted by Crippen LogP contribution is -2.50. The molecule has 6 heteroatoms. The van der Waals surface area contributed by atoms with Crippen LogP contribution in [0, 0.1) is 0 Å². The Labute approximate surface area is 116 Å². The molecule has 1 aliphatic heterocycles. The second-order valence-electron chi connectivity index (χ2n) is 5.37. The molecule has 0 bridgehead atoms. The second-order valence-corrected chi connectivity index (χ2v) is 5.37. The van der Waals surface area contributed by atoms with Crippen LogP contribution in [-0.2, 0) is 21.6 Å². The molecule has 0 saturated carbocycles. The van der Waals surface area contributed by atoms with Crippen molar-refractivity contribution in [2.24, 2.45) is 0 Å². The van der Waals surface area contributed by atoms with E-state index >= 15 is 0 Å². The molecule has 0 radical (unpaired) electrons. The molecule has 106 valence electrons.